The molecule has 1 spiro atoms. The van der Waals surface area contributed by atoms with Gasteiger partial charge in [0.25, 0.3) is 11.8 Å². The number of ether oxygens (including phenoxy) is 4. The molecule has 4 aromatic rings. The lowest BCUT2D eigenvalue weighted by Gasteiger charge is -2.46. The molecule has 4 aliphatic rings. The molecular weight excluding hydrogens is 780 g/mol. The number of pyridine rings is 1. The summed E-state index contributed by atoms with van der Waals surface area (Å²) >= 11 is 6.49. The van der Waals surface area contributed by atoms with Crippen molar-refractivity contribution in [1.82, 2.24) is 19.5 Å². The zero-order valence-electron chi connectivity index (χ0n) is 33.1. The van der Waals surface area contributed by atoms with E-state index in [-0.39, 0.29) is 46.1 Å². The van der Waals surface area contributed by atoms with Crippen molar-refractivity contribution in [3.8, 4) is 17.5 Å². The molecular formula is C43H49ClN6O7S. The monoisotopic (exact) mass is 828 g/mol. The fraction of sp³-hybridized carbons (Fsp3) is 0.442. The first kappa shape index (κ1) is 39.9. The van der Waals surface area contributed by atoms with Crippen molar-refractivity contribution in [3.63, 3.8) is 0 Å². The molecule has 2 aliphatic carbocycles. The SMILES string of the molecule is COc1nn(C)cc1C(=O)NS1(=O)=NC(=O)c2ccc3c(c2)N(C[C@@H]2CC[C@H]2[C@@H](OC)/C=C/[C@H](Oc2ccccn2)[C@H](C)C1)C[C@@]1(CCCc2cc(Cl)ccc21)CO3. The predicted octanol–water partition coefficient (Wildman–Crippen LogP) is 6.60. The molecule has 58 heavy (non-hydrogen) atoms. The highest BCUT2D eigenvalue weighted by Crippen LogP contribution is 2.47. The van der Waals surface area contributed by atoms with E-state index in [2.05, 4.69) is 36.2 Å². The van der Waals surface area contributed by atoms with Gasteiger partial charge in [-0.15, -0.1) is 9.46 Å². The van der Waals surface area contributed by atoms with Gasteiger partial charge < -0.3 is 23.8 Å². The molecule has 1 saturated carbocycles. The third-order valence-corrected chi connectivity index (χ3v) is 14.2. The quantitative estimate of drug-likeness (QED) is 0.211. The first-order valence-electron chi connectivity index (χ1n) is 19.7. The van der Waals surface area contributed by atoms with E-state index in [0.29, 0.717) is 31.3 Å². The Morgan fingerprint density at radius 2 is 1.93 bits per heavy atom. The molecule has 2 aromatic carbocycles. The van der Waals surface area contributed by atoms with Gasteiger partial charge in [0.2, 0.25) is 11.8 Å². The Balaban J connectivity index is 1.23. The largest absolute Gasteiger partial charge is 0.490 e. The first-order valence-corrected chi connectivity index (χ1v) is 21.8. The molecule has 13 nitrogen and oxygen atoms in total. The summed E-state index contributed by atoms with van der Waals surface area (Å²) in [4.78, 5) is 34.9. The van der Waals surface area contributed by atoms with Crippen LogP contribution in [0.15, 0.2) is 83.5 Å². The number of anilines is 1. The van der Waals surface area contributed by atoms with Crippen molar-refractivity contribution in [1.29, 1.82) is 0 Å². The summed E-state index contributed by atoms with van der Waals surface area (Å²) in [7, 11) is 0.936. The molecule has 7 atom stereocenters. The number of carbonyl (C=O) groups is 2. The molecule has 0 saturated heterocycles. The number of hydrogen-bond acceptors (Lipinski definition) is 10. The van der Waals surface area contributed by atoms with Gasteiger partial charge >= 0.3 is 0 Å². The number of halogens is 1. The number of methoxy groups -OCH3 is 2. The van der Waals surface area contributed by atoms with Gasteiger partial charge in [-0.2, -0.15) is 0 Å². The van der Waals surface area contributed by atoms with Gasteiger partial charge in [-0.05, 0) is 97.5 Å². The van der Waals surface area contributed by atoms with Crippen LogP contribution in [0.1, 0.15) is 64.4 Å². The molecule has 1 fully saturated rings. The number of aryl methyl sites for hydroxylation is 2. The van der Waals surface area contributed by atoms with Gasteiger partial charge in [0.15, 0.2) is 0 Å². The Morgan fingerprint density at radius 1 is 1.09 bits per heavy atom. The summed E-state index contributed by atoms with van der Waals surface area (Å²) in [6.07, 6.45) is 11.0. The molecule has 2 amide bonds. The standard InChI is InChI=1S/C43H49ClN6O7S/c1-27-24-58(53,48-41(52)33-23-49(2)46-42(33)55-4)47-40(51)29-11-15-38-35(21-29)50(25-43(26-56-38)18-7-8-28-20-31(44)12-14-34(28)43)22-30-10-13-32(30)37(54-3)17-16-36(27)57-39-9-5-6-19-45-39/h5-6,9,11-12,14-17,19-21,23,27,30,32,36-37H,7-8,10,13,18,22,24-26H2,1-4H3,(H,47,48,51,52,53)/b17-16+/t27-,30+,32-,36+,37+,43+,58?/m1/s1. The number of fused-ring (bicyclic) bond motifs is 4. The fourth-order valence-corrected chi connectivity index (χ4v) is 11.1. The Bertz CT molecular complexity index is 2350. The van der Waals surface area contributed by atoms with Gasteiger partial charge in [-0.25, -0.2) is 9.19 Å². The van der Waals surface area contributed by atoms with Crippen molar-refractivity contribution in [2.24, 2.45) is 29.2 Å². The number of benzene rings is 2. The average molecular weight is 829 g/mol. The zero-order chi connectivity index (χ0) is 40.6. The maximum Gasteiger partial charge on any atom is 0.286 e. The lowest BCUT2D eigenvalue weighted by molar-refractivity contribution is 0.0126. The zero-order valence-corrected chi connectivity index (χ0v) is 34.7. The summed E-state index contributed by atoms with van der Waals surface area (Å²) in [5.74, 6) is -0.686. The Kier molecular flexibility index (Phi) is 11.3. The molecule has 1 N–H and O–H groups in total. The summed E-state index contributed by atoms with van der Waals surface area (Å²) in [5, 5.41) is 4.90. The van der Waals surface area contributed by atoms with Gasteiger partial charge in [-0.1, -0.05) is 36.7 Å². The minimum absolute atomic E-state index is 0.0436. The highest BCUT2D eigenvalue weighted by molar-refractivity contribution is 7.92. The van der Waals surface area contributed by atoms with Crippen LogP contribution < -0.4 is 23.8 Å². The van der Waals surface area contributed by atoms with Gasteiger partial charge in [0.1, 0.15) is 27.3 Å². The smallest absolute Gasteiger partial charge is 0.286 e. The van der Waals surface area contributed by atoms with E-state index in [9.17, 15) is 9.59 Å². The van der Waals surface area contributed by atoms with Crippen LogP contribution in [0.5, 0.6) is 17.5 Å². The lowest BCUT2D eigenvalue weighted by atomic mass is 9.68. The summed E-state index contributed by atoms with van der Waals surface area (Å²) in [5.41, 5.74) is 3.21. The number of aromatic nitrogens is 3. The number of amides is 2. The van der Waals surface area contributed by atoms with Gasteiger partial charge in [0.05, 0.1) is 31.3 Å². The molecule has 2 bridgehead atoms. The van der Waals surface area contributed by atoms with E-state index in [4.69, 9.17) is 30.5 Å². The maximum absolute atomic E-state index is 15.1. The van der Waals surface area contributed by atoms with Crippen LogP contribution >= 0.6 is 11.6 Å². The Morgan fingerprint density at radius 3 is 2.69 bits per heavy atom. The van der Waals surface area contributed by atoms with E-state index < -0.39 is 33.8 Å². The van der Waals surface area contributed by atoms with Crippen molar-refractivity contribution in [3.05, 3.63) is 106 Å². The predicted molar refractivity (Wildman–Crippen MR) is 221 cm³/mol. The molecule has 1 unspecified atom stereocenters. The highest BCUT2D eigenvalue weighted by atomic mass is 35.5. The lowest BCUT2D eigenvalue weighted by Crippen LogP contribution is -2.49. The highest BCUT2D eigenvalue weighted by Gasteiger charge is 2.44. The molecule has 4 heterocycles. The van der Waals surface area contributed by atoms with Gasteiger partial charge in [-0.3, -0.25) is 19.0 Å². The van der Waals surface area contributed by atoms with Crippen molar-refractivity contribution in [2.45, 2.75) is 56.7 Å². The van der Waals surface area contributed by atoms with Crippen molar-refractivity contribution in [2.75, 3.05) is 44.6 Å². The second kappa shape index (κ2) is 16.4. The van der Waals surface area contributed by atoms with E-state index in [1.165, 1.54) is 29.1 Å². The van der Waals surface area contributed by atoms with Crippen LogP contribution in [0.2, 0.25) is 5.02 Å². The number of carbonyl (C=O) groups excluding carboxylic acids is 2. The second-order valence-corrected chi connectivity index (χ2v) is 18.4. The second-order valence-electron chi connectivity index (χ2n) is 16.0. The van der Waals surface area contributed by atoms with Crippen LogP contribution in [0.25, 0.3) is 0 Å². The summed E-state index contributed by atoms with van der Waals surface area (Å²) in [6, 6.07) is 16.8. The third-order valence-electron chi connectivity index (χ3n) is 12.1. The third kappa shape index (κ3) is 8.06. The molecule has 15 heteroatoms. The molecule has 2 aromatic heterocycles. The Labute approximate surface area is 344 Å². The molecule has 8 rings (SSSR count). The minimum atomic E-state index is -3.82. The van der Waals surface area contributed by atoms with Crippen LogP contribution in [-0.4, -0.2) is 82.7 Å². The molecule has 306 valence electrons. The summed E-state index contributed by atoms with van der Waals surface area (Å²) < 4.78 is 48.1. The van der Waals surface area contributed by atoms with E-state index in [1.807, 2.05) is 31.2 Å². The van der Waals surface area contributed by atoms with E-state index in [0.717, 1.165) is 42.8 Å². The number of hydrogen-bond donors (Lipinski definition) is 1. The van der Waals surface area contributed by atoms with E-state index in [1.54, 1.807) is 50.7 Å². The van der Waals surface area contributed by atoms with Crippen LogP contribution in [0, 0.1) is 17.8 Å². The van der Waals surface area contributed by atoms with Crippen LogP contribution in [0.4, 0.5) is 5.69 Å². The number of nitrogens with one attached hydrogen (secondary N) is 1. The normalized spacial score (nSPS) is 28.7. The first-order chi connectivity index (χ1) is 28.0. The van der Waals surface area contributed by atoms with Crippen LogP contribution in [-0.2, 0) is 33.5 Å². The minimum Gasteiger partial charge on any atom is -0.490 e. The van der Waals surface area contributed by atoms with Crippen LogP contribution in [0.3, 0.4) is 0 Å². The number of rotatable bonds is 6. The fourth-order valence-electron chi connectivity index (χ4n) is 9.01. The van der Waals surface area contributed by atoms with Gasteiger partial charge in [0, 0.05) is 67.6 Å². The van der Waals surface area contributed by atoms with Crippen molar-refractivity contribution < 1.29 is 32.7 Å². The maximum atomic E-state index is 15.1. The number of nitrogens with zero attached hydrogens (tertiary/aromatic N) is 5. The topological polar surface area (TPSA) is 146 Å². The van der Waals surface area contributed by atoms with E-state index >= 15 is 4.21 Å². The molecule has 0 radical (unpaired) electrons. The summed E-state index contributed by atoms with van der Waals surface area (Å²) in [6.45, 7) is 3.68. The Hall–Kier alpha value is -4.92. The average Bonchev–Trinajstić information content (AvgIpc) is 3.52. The molecule has 2 aliphatic heterocycles. The van der Waals surface area contributed by atoms with Crippen molar-refractivity contribution >= 4 is 39.0 Å².